The van der Waals surface area contributed by atoms with Crippen molar-refractivity contribution in [2.75, 3.05) is 37.7 Å². The number of nitrogens with zero attached hydrogens (tertiary/aromatic N) is 6. The number of terminal acetylenes is 1. The second kappa shape index (κ2) is 12.0. The lowest BCUT2D eigenvalue weighted by Gasteiger charge is -2.34. The van der Waals surface area contributed by atoms with Gasteiger partial charge in [-0.2, -0.15) is 23.1 Å². The number of phenols is 1. The average Bonchev–Trinajstić information content (AvgIpc) is 3.56. The van der Waals surface area contributed by atoms with Crippen LogP contribution in [0.2, 0.25) is 0 Å². The van der Waals surface area contributed by atoms with E-state index >= 15 is 17.6 Å². The summed E-state index contributed by atoms with van der Waals surface area (Å²) in [5, 5.41) is 14.0. The topological polar surface area (TPSA) is 91.6 Å². The summed E-state index contributed by atoms with van der Waals surface area (Å²) in [6.45, 7) is 4.33. The largest absolute Gasteiger partial charge is 0.508 e. The number of aromatic nitrogens is 4. The Labute approximate surface area is 295 Å². The molecule has 14 heteroatoms. The third-order valence-electron chi connectivity index (χ3n) is 11.0. The number of aromatic hydroxyl groups is 1. The summed E-state index contributed by atoms with van der Waals surface area (Å²) < 4.78 is 85.8. The molecule has 2 aromatic heterocycles. The van der Waals surface area contributed by atoms with Crippen molar-refractivity contribution >= 4 is 27.5 Å². The van der Waals surface area contributed by atoms with Crippen molar-refractivity contribution in [1.29, 1.82) is 0 Å². The van der Waals surface area contributed by atoms with Crippen LogP contribution in [0.25, 0.3) is 32.8 Å². The predicted octanol–water partition coefficient (Wildman–Crippen LogP) is 6.25. The first-order chi connectivity index (χ1) is 25.0. The van der Waals surface area contributed by atoms with Crippen molar-refractivity contribution in [2.24, 2.45) is 5.41 Å². The minimum absolute atomic E-state index is 0.102. The number of phenolic OH excluding ortho intramolecular Hbond substituents is 1. The van der Waals surface area contributed by atoms with Crippen molar-refractivity contribution in [2.45, 2.75) is 57.0 Å². The summed E-state index contributed by atoms with van der Waals surface area (Å²) in [4.78, 5) is 17.8. The maximum Gasteiger partial charge on any atom is 0.417 e. The maximum atomic E-state index is 17.2. The molecule has 0 spiro atoms. The number of rotatable bonds is 7. The van der Waals surface area contributed by atoms with Gasteiger partial charge in [-0.1, -0.05) is 12.0 Å². The monoisotopic (exact) mass is 715 g/mol. The van der Waals surface area contributed by atoms with Crippen LogP contribution in [0.1, 0.15) is 42.6 Å². The molecule has 52 heavy (non-hydrogen) atoms. The number of hydrogen-bond acceptors (Lipinski definition) is 8. The fourth-order valence-corrected chi connectivity index (χ4v) is 8.29. The molecule has 0 amide bonds. The molecule has 3 fully saturated rings. The number of nitrogens with one attached hydrogen (secondary N) is 1. The number of halogens is 5. The number of alkyl halides is 3. The lowest BCUT2D eigenvalue weighted by Crippen LogP contribution is -2.51. The van der Waals surface area contributed by atoms with Gasteiger partial charge in [-0.15, -0.1) is 6.42 Å². The summed E-state index contributed by atoms with van der Waals surface area (Å²) in [6.07, 6.45) is 7.95. The van der Waals surface area contributed by atoms with Gasteiger partial charge < -0.3 is 24.6 Å². The Bertz CT molecular complexity index is 2280. The van der Waals surface area contributed by atoms with E-state index in [2.05, 4.69) is 35.7 Å². The van der Waals surface area contributed by atoms with Crippen LogP contribution in [0.5, 0.6) is 11.8 Å². The summed E-state index contributed by atoms with van der Waals surface area (Å²) in [6, 6.07) is 5.45. The third-order valence-corrected chi connectivity index (χ3v) is 11.0. The summed E-state index contributed by atoms with van der Waals surface area (Å²) >= 11 is 0. The maximum absolute atomic E-state index is 17.2. The van der Waals surface area contributed by atoms with Crippen LogP contribution in [0.3, 0.4) is 0 Å². The van der Waals surface area contributed by atoms with Gasteiger partial charge in [0.05, 0.1) is 24.3 Å². The van der Waals surface area contributed by atoms with Gasteiger partial charge >= 0.3 is 12.2 Å². The summed E-state index contributed by atoms with van der Waals surface area (Å²) in [5.41, 5.74) is -3.54. The van der Waals surface area contributed by atoms with E-state index in [-0.39, 0.29) is 63.2 Å². The molecular formula is C38H34F5N7O2. The standard InChI is InChI=1S/C38H34F5N7O2/c1-2-25-29(39)6-3-21-13-24(51)14-26(31(21)25)32-28(38(41,42)43)15-27-34(33(32)40)46-36(47-35(27)50-16-22-4-5-23(17-50)45-22)52-20-37(7-8-37)19-48-11-12-49-10-9-44-30(49)18-48/h1,3,6,9-10,13-15,22-23,45,51H,4-5,7-8,11-12,16-20H2. The highest BCUT2D eigenvalue weighted by Crippen LogP contribution is 2.49. The van der Waals surface area contributed by atoms with Gasteiger partial charge in [-0.25, -0.2) is 13.8 Å². The molecule has 4 aliphatic rings. The molecule has 9 nitrogen and oxygen atoms in total. The average molecular weight is 716 g/mol. The van der Waals surface area contributed by atoms with Crippen LogP contribution in [-0.4, -0.2) is 74.4 Å². The van der Waals surface area contributed by atoms with Crippen molar-refractivity contribution in [3.8, 4) is 35.2 Å². The van der Waals surface area contributed by atoms with Crippen LogP contribution in [0.15, 0.2) is 42.7 Å². The summed E-state index contributed by atoms with van der Waals surface area (Å²) in [7, 11) is 0. The molecule has 3 aromatic carbocycles. The van der Waals surface area contributed by atoms with E-state index in [0.29, 0.717) is 19.6 Å². The molecule has 2 N–H and O–H groups in total. The number of imidazole rings is 1. The van der Waals surface area contributed by atoms with Crippen LogP contribution >= 0.6 is 0 Å². The zero-order chi connectivity index (χ0) is 35.9. The highest BCUT2D eigenvalue weighted by atomic mass is 19.4. The minimum atomic E-state index is -5.06. The molecule has 5 heterocycles. The molecule has 5 aromatic rings. The molecule has 3 aliphatic heterocycles. The lowest BCUT2D eigenvalue weighted by atomic mass is 9.89. The Hall–Kier alpha value is -5.00. The Balaban J connectivity index is 1.17. The Morgan fingerprint density at radius 1 is 1.06 bits per heavy atom. The highest BCUT2D eigenvalue weighted by molar-refractivity contribution is 6.05. The van der Waals surface area contributed by atoms with Crippen LogP contribution in [-0.2, 0) is 19.3 Å². The number of piperazine rings is 1. The van der Waals surface area contributed by atoms with Gasteiger partial charge in [-0.3, -0.25) is 4.90 Å². The number of anilines is 1. The zero-order valence-electron chi connectivity index (χ0n) is 28.0. The van der Waals surface area contributed by atoms with Crippen LogP contribution in [0, 0.1) is 29.4 Å². The normalized spacial score (nSPS) is 21.0. The van der Waals surface area contributed by atoms with Gasteiger partial charge in [0.1, 0.15) is 28.7 Å². The van der Waals surface area contributed by atoms with Crippen LogP contribution in [0.4, 0.5) is 27.8 Å². The van der Waals surface area contributed by atoms with Gasteiger partial charge in [0.15, 0.2) is 5.82 Å². The summed E-state index contributed by atoms with van der Waals surface area (Å²) in [5.74, 6) is 0.734. The highest BCUT2D eigenvalue weighted by Gasteiger charge is 2.46. The molecule has 268 valence electrons. The molecule has 2 saturated heterocycles. The first-order valence-corrected chi connectivity index (χ1v) is 17.4. The number of benzene rings is 3. The van der Waals surface area contributed by atoms with Gasteiger partial charge in [0.2, 0.25) is 0 Å². The van der Waals surface area contributed by atoms with Gasteiger partial charge in [0, 0.05) is 79.0 Å². The number of fused-ring (bicyclic) bond motifs is 5. The predicted molar refractivity (Wildman–Crippen MR) is 184 cm³/mol. The molecule has 2 bridgehead atoms. The number of ether oxygens (including phenoxy) is 1. The Morgan fingerprint density at radius 2 is 1.85 bits per heavy atom. The SMILES string of the molecule is C#Cc1c(F)ccc2cc(O)cc(-c3c(C(F)(F)F)cc4c(N5CC6CCC(C5)N6)nc(OCC5(CN6CCn7ccnc7C6)CC5)nc4c3F)c12. The molecule has 2 atom stereocenters. The van der Waals surface area contributed by atoms with E-state index in [1.807, 2.05) is 11.1 Å². The van der Waals surface area contributed by atoms with Crippen molar-refractivity contribution in [1.82, 2.24) is 29.7 Å². The van der Waals surface area contributed by atoms with Crippen molar-refractivity contribution in [3.63, 3.8) is 0 Å². The molecule has 0 radical (unpaired) electrons. The zero-order valence-corrected chi connectivity index (χ0v) is 28.0. The van der Waals surface area contributed by atoms with E-state index in [4.69, 9.17) is 11.2 Å². The molecule has 2 unspecified atom stereocenters. The lowest BCUT2D eigenvalue weighted by molar-refractivity contribution is -0.137. The minimum Gasteiger partial charge on any atom is -0.508 e. The quantitative estimate of drug-likeness (QED) is 0.151. The fourth-order valence-electron chi connectivity index (χ4n) is 8.29. The Morgan fingerprint density at radius 3 is 2.58 bits per heavy atom. The first-order valence-electron chi connectivity index (χ1n) is 17.4. The van der Waals surface area contributed by atoms with Gasteiger partial charge in [-0.05, 0) is 60.9 Å². The van der Waals surface area contributed by atoms with E-state index in [1.165, 1.54) is 12.1 Å². The van der Waals surface area contributed by atoms with Gasteiger partial charge in [0.25, 0.3) is 0 Å². The van der Waals surface area contributed by atoms with E-state index in [1.54, 1.807) is 6.20 Å². The van der Waals surface area contributed by atoms with Crippen LogP contribution < -0.4 is 15.0 Å². The molecular weight excluding hydrogens is 681 g/mol. The fraction of sp³-hybridized carbons (Fsp3) is 0.395. The smallest absolute Gasteiger partial charge is 0.417 e. The molecule has 9 rings (SSSR count). The van der Waals surface area contributed by atoms with E-state index < -0.39 is 40.3 Å². The Kier molecular flexibility index (Phi) is 7.61. The second-order valence-corrected chi connectivity index (χ2v) is 14.6. The number of hydrogen-bond donors (Lipinski definition) is 2. The van der Waals surface area contributed by atoms with Crippen molar-refractivity contribution < 1.29 is 31.8 Å². The first kappa shape index (κ1) is 32.9. The third kappa shape index (κ3) is 5.67. The van der Waals surface area contributed by atoms with E-state index in [0.717, 1.165) is 69.3 Å². The molecule has 1 aliphatic carbocycles. The van der Waals surface area contributed by atoms with Crippen molar-refractivity contribution in [3.05, 3.63) is 71.3 Å². The van der Waals surface area contributed by atoms with E-state index in [9.17, 15) is 9.50 Å². The molecule has 1 saturated carbocycles. The second-order valence-electron chi connectivity index (χ2n) is 14.6.